The van der Waals surface area contributed by atoms with Gasteiger partial charge in [-0.2, -0.15) is 0 Å². The first-order valence-corrected chi connectivity index (χ1v) is 7.57. The minimum absolute atomic E-state index is 0.249. The van der Waals surface area contributed by atoms with Crippen molar-refractivity contribution in [1.82, 2.24) is 10.0 Å². The van der Waals surface area contributed by atoms with Crippen LogP contribution in [0.15, 0.2) is 35.7 Å². The fourth-order valence-corrected chi connectivity index (χ4v) is 2.04. The molecule has 0 spiro atoms. The van der Waals surface area contributed by atoms with Crippen LogP contribution in [0.4, 0.5) is 0 Å². The number of amides is 1. The smallest absolute Gasteiger partial charge is 0.235 e. The highest BCUT2D eigenvalue weighted by molar-refractivity contribution is 7.92. The number of benzene rings is 1. The molecule has 0 atom stereocenters. The third kappa shape index (κ3) is 6.73. The van der Waals surface area contributed by atoms with Crippen molar-refractivity contribution in [2.75, 3.05) is 13.1 Å². The van der Waals surface area contributed by atoms with Gasteiger partial charge in [-0.1, -0.05) is 37.3 Å². The van der Waals surface area contributed by atoms with Gasteiger partial charge in [-0.05, 0) is 18.1 Å². The Labute approximate surface area is 113 Å². The Balaban J connectivity index is 2.48. The molecule has 5 nitrogen and oxygen atoms in total. The summed E-state index contributed by atoms with van der Waals surface area (Å²) in [4.78, 5) is 11.3. The molecule has 0 aliphatic carbocycles. The molecule has 0 saturated carbocycles. The summed E-state index contributed by atoms with van der Waals surface area (Å²) in [5.41, 5.74) is 0.781. The summed E-state index contributed by atoms with van der Waals surface area (Å²) in [6.45, 7) is 2.22. The van der Waals surface area contributed by atoms with E-state index in [1.807, 2.05) is 25.1 Å². The normalized spacial score (nSPS) is 11.6. The number of sulfonamides is 1. The van der Waals surface area contributed by atoms with Crippen molar-refractivity contribution in [3.05, 3.63) is 41.3 Å². The van der Waals surface area contributed by atoms with Gasteiger partial charge in [0.15, 0.2) is 0 Å². The number of nitrogens with one attached hydrogen (secondary N) is 2. The van der Waals surface area contributed by atoms with Crippen LogP contribution in [-0.4, -0.2) is 27.4 Å². The van der Waals surface area contributed by atoms with E-state index < -0.39 is 10.0 Å². The van der Waals surface area contributed by atoms with Crippen LogP contribution in [0.1, 0.15) is 18.9 Å². The third-order valence-electron chi connectivity index (χ3n) is 2.25. The first kappa shape index (κ1) is 15.4. The predicted octanol–water partition coefficient (Wildman–Crippen LogP) is 1.10. The summed E-state index contributed by atoms with van der Waals surface area (Å²) in [5, 5.41) is 3.64. The van der Waals surface area contributed by atoms with Crippen LogP contribution >= 0.6 is 0 Å². The topological polar surface area (TPSA) is 75.3 Å². The molecule has 0 bridgehead atoms. The van der Waals surface area contributed by atoms with Gasteiger partial charge >= 0.3 is 0 Å². The second-order valence-corrected chi connectivity index (χ2v) is 5.58. The van der Waals surface area contributed by atoms with E-state index in [0.717, 1.165) is 17.4 Å². The highest BCUT2D eigenvalue weighted by atomic mass is 32.2. The summed E-state index contributed by atoms with van der Waals surface area (Å²) in [7, 11) is -3.59. The molecule has 0 radical (unpaired) electrons. The molecule has 1 amide bonds. The molecule has 0 aromatic heterocycles. The Morgan fingerprint density at radius 1 is 1.26 bits per heavy atom. The quantitative estimate of drug-likeness (QED) is 0.786. The van der Waals surface area contributed by atoms with Crippen molar-refractivity contribution in [3.63, 3.8) is 0 Å². The van der Waals surface area contributed by atoms with Crippen molar-refractivity contribution < 1.29 is 13.2 Å². The Bertz CT molecular complexity index is 524. The molecular weight excluding hydrogens is 264 g/mol. The van der Waals surface area contributed by atoms with Crippen LogP contribution in [0.2, 0.25) is 0 Å². The lowest BCUT2D eigenvalue weighted by molar-refractivity contribution is -0.119. The maximum absolute atomic E-state index is 11.6. The number of rotatable bonds is 7. The van der Waals surface area contributed by atoms with Gasteiger partial charge in [0.2, 0.25) is 15.9 Å². The fraction of sp³-hybridized carbons (Fsp3) is 0.308. The number of hydrogen-bond acceptors (Lipinski definition) is 3. The largest absolute Gasteiger partial charge is 0.355 e. The Morgan fingerprint density at radius 2 is 1.95 bits per heavy atom. The van der Waals surface area contributed by atoms with Gasteiger partial charge in [0, 0.05) is 12.0 Å². The van der Waals surface area contributed by atoms with Gasteiger partial charge in [-0.3, -0.25) is 4.79 Å². The lowest BCUT2D eigenvalue weighted by Crippen LogP contribution is -2.36. The lowest BCUT2D eigenvalue weighted by Gasteiger charge is -2.04. The summed E-state index contributed by atoms with van der Waals surface area (Å²) in [5.74, 6) is -0.335. The van der Waals surface area contributed by atoms with E-state index in [1.54, 1.807) is 12.1 Å². The first-order valence-electron chi connectivity index (χ1n) is 6.03. The Kier molecular flexibility index (Phi) is 6.24. The van der Waals surface area contributed by atoms with E-state index in [2.05, 4.69) is 10.0 Å². The number of carbonyl (C=O) groups excluding carboxylic acids is 1. The summed E-state index contributed by atoms with van der Waals surface area (Å²) in [6, 6.07) is 9.07. The van der Waals surface area contributed by atoms with Gasteiger partial charge in [0.1, 0.15) is 0 Å². The van der Waals surface area contributed by atoms with Crippen molar-refractivity contribution >= 4 is 22.0 Å². The van der Waals surface area contributed by atoms with Crippen LogP contribution in [0, 0.1) is 0 Å². The van der Waals surface area contributed by atoms with Crippen LogP contribution in [0.25, 0.3) is 6.08 Å². The molecule has 6 heteroatoms. The van der Waals surface area contributed by atoms with Gasteiger partial charge < -0.3 is 5.32 Å². The van der Waals surface area contributed by atoms with E-state index in [9.17, 15) is 13.2 Å². The van der Waals surface area contributed by atoms with Crippen molar-refractivity contribution in [1.29, 1.82) is 0 Å². The molecule has 0 aliphatic rings. The van der Waals surface area contributed by atoms with Crippen molar-refractivity contribution in [2.45, 2.75) is 13.3 Å². The molecule has 0 fully saturated rings. The van der Waals surface area contributed by atoms with Crippen molar-refractivity contribution in [3.8, 4) is 0 Å². The monoisotopic (exact) mass is 282 g/mol. The molecule has 0 unspecified atom stereocenters. The molecule has 1 rings (SSSR count). The molecule has 0 saturated heterocycles. The van der Waals surface area contributed by atoms with Gasteiger partial charge in [0.25, 0.3) is 0 Å². The second-order valence-electron chi connectivity index (χ2n) is 3.93. The maximum atomic E-state index is 11.6. The SMILES string of the molecule is CCCNC(=O)CNS(=O)(=O)/C=C/c1ccccc1. The zero-order valence-corrected chi connectivity index (χ0v) is 11.6. The second kappa shape index (κ2) is 7.70. The average molecular weight is 282 g/mol. The van der Waals surface area contributed by atoms with Crippen LogP contribution in [-0.2, 0) is 14.8 Å². The molecule has 0 heterocycles. The van der Waals surface area contributed by atoms with Crippen LogP contribution < -0.4 is 10.0 Å². The number of carbonyl (C=O) groups is 1. The highest BCUT2D eigenvalue weighted by Gasteiger charge is 2.07. The molecule has 1 aromatic carbocycles. The molecule has 104 valence electrons. The van der Waals surface area contributed by atoms with Crippen LogP contribution in [0.5, 0.6) is 0 Å². The maximum Gasteiger partial charge on any atom is 0.235 e. The van der Waals surface area contributed by atoms with E-state index in [-0.39, 0.29) is 12.5 Å². The minimum Gasteiger partial charge on any atom is -0.355 e. The molecular formula is C13H18N2O3S. The lowest BCUT2D eigenvalue weighted by atomic mass is 10.2. The highest BCUT2D eigenvalue weighted by Crippen LogP contribution is 2.02. The van der Waals surface area contributed by atoms with E-state index in [0.29, 0.717) is 6.54 Å². The van der Waals surface area contributed by atoms with Crippen LogP contribution in [0.3, 0.4) is 0 Å². The third-order valence-corrected chi connectivity index (χ3v) is 3.29. The Hall–Kier alpha value is -1.66. The van der Waals surface area contributed by atoms with Gasteiger partial charge in [0.05, 0.1) is 6.54 Å². The first-order chi connectivity index (χ1) is 9.03. The molecule has 19 heavy (non-hydrogen) atoms. The average Bonchev–Trinajstić information content (AvgIpc) is 2.42. The van der Waals surface area contributed by atoms with Gasteiger partial charge in [-0.25, -0.2) is 13.1 Å². The molecule has 1 aromatic rings. The standard InChI is InChI=1S/C13H18N2O3S/c1-2-9-14-13(16)11-15-19(17,18)10-8-12-6-4-3-5-7-12/h3-8,10,15H,2,9,11H2,1H3,(H,14,16)/b10-8+. The summed E-state index contributed by atoms with van der Waals surface area (Å²) < 4.78 is 25.4. The van der Waals surface area contributed by atoms with Gasteiger partial charge in [-0.15, -0.1) is 0 Å². The van der Waals surface area contributed by atoms with E-state index in [1.165, 1.54) is 6.08 Å². The molecule has 0 aliphatic heterocycles. The van der Waals surface area contributed by atoms with E-state index in [4.69, 9.17) is 0 Å². The number of hydrogen-bond donors (Lipinski definition) is 2. The zero-order valence-electron chi connectivity index (χ0n) is 10.8. The Morgan fingerprint density at radius 3 is 2.58 bits per heavy atom. The van der Waals surface area contributed by atoms with Crippen molar-refractivity contribution in [2.24, 2.45) is 0 Å². The molecule has 2 N–H and O–H groups in total. The summed E-state index contributed by atoms with van der Waals surface area (Å²) in [6.07, 6.45) is 2.29. The zero-order chi connectivity index (χ0) is 14.1. The van der Waals surface area contributed by atoms with E-state index >= 15 is 0 Å². The summed E-state index contributed by atoms with van der Waals surface area (Å²) >= 11 is 0. The predicted molar refractivity (Wildman–Crippen MR) is 75.7 cm³/mol. The fourth-order valence-electron chi connectivity index (χ4n) is 1.27. The minimum atomic E-state index is -3.59.